The van der Waals surface area contributed by atoms with Gasteiger partial charge in [-0.1, -0.05) is 18.2 Å². The summed E-state index contributed by atoms with van der Waals surface area (Å²) in [6.07, 6.45) is 1.37. The molecule has 0 spiro atoms. The third-order valence-electron chi connectivity index (χ3n) is 10.6. The number of likely N-dealkylation sites (N-methyl/N-ethyl adjacent to an activating group) is 1. The number of phenols is 1. The van der Waals surface area contributed by atoms with E-state index in [1.165, 1.54) is 18.1 Å². The number of nitrogens with zero attached hydrogens (tertiary/aromatic N) is 2. The van der Waals surface area contributed by atoms with Crippen LogP contribution in [0.1, 0.15) is 30.4 Å². The molecule has 2 amide bonds. The van der Waals surface area contributed by atoms with Crippen molar-refractivity contribution in [2.45, 2.75) is 37.3 Å². The molecule has 14 nitrogen and oxygen atoms in total. The Bertz CT molecular complexity index is 1860. The van der Waals surface area contributed by atoms with Gasteiger partial charge in [0.05, 0.1) is 31.2 Å². The molecule has 264 valence electrons. The number of carbonyl (C=O) groups excluding carboxylic acids is 5. The van der Waals surface area contributed by atoms with Crippen molar-refractivity contribution in [1.82, 2.24) is 9.80 Å². The summed E-state index contributed by atoms with van der Waals surface area (Å²) in [7, 11) is 4.46. The van der Waals surface area contributed by atoms with Gasteiger partial charge in [-0.25, -0.2) is 0 Å². The van der Waals surface area contributed by atoms with E-state index < -0.39 is 58.0 Å². The van der Waals surface area contributed by atoms with Crippen molar-refractivity contribution in [3.63, 3.8) is 0 Å². The van der Waals surface area contributed by atoms with E-state index in [0.29, 0.717) is 48.3 Å². The number of piperidine rings is 1. The van der Waals surface area contributed by atoms with Crippen LogP contribution in [-0.2, 0) is 35.1 Å². The first-order valence-corrected chi connectivity index (χ1v) is 16.4. The van der Waals surface area contributed by atoms with Gasteiger partial charge in [0.1, 0.15) is 22.8 Å². The van der Waals surface area contributed by atoms with Crippen LogP contribution < -0.4 is 11.1 Å². The zero-order chi connectivity index (χ0) is 36.2. The van der Waals surface area contributed by atoms with Crippen molar-refractivity contribution in [2.24, 2.45) is 23.5 Å². The third kappa shape index (κ3) is 5.62. The molecule has 2 aromatic rings. The average Bonchev–Trinajstić information content (AvgIpc) is 3.06. The van der Waals surface area contributed by atoms with Crippen LogP contribution in [0.2, 0.25) is 0 Å². The number of amides is 2. The number of hydrogen-bond acceptors (Lipinski definition) is 12. The molecule has 1 saturated carbocycles. The van der Waals surface area contributed by atoms with Gasteiger partial charge in [-0.3, -0.25) is 33.8 Å². The average molecular weight is 689 g/mol. The lowest BCUT2D eigenvalue weighted by atomic mass is 9.57. The molecule has 50 heavy (non-hydrogen) atoms. The SMILES string of the molecule is COC(=O)C1CCN(CC(=O)Nc2ccc(-c3ccc(O)c4c3C[C@@H]3C[C@@H]5C(N(C)C)C(=O)C(C(N)=O)=C(O)[C@]5(O)C(=O)C3=C4O)cc2)CC1. The summed E-state index contributed by atoms with van der Waals surface area (Å²) in [4.78, 5) is 67.7. The van der Waals surface area contributed by atoms with Crippen LogP contribution in [0.3, 0.4) is 0 Å². The highest BCUT2D eigenvalue weighted by Gasteiger charge is 2.64. The number of aliphatic hydroxyl groups is 3. The number of phenolic OH excluding ortho intramolecular Hbond substituents is 1. The molecular formula is C36H40N4O10. The number of esters is 1. The van der Waals surface area contributed by atoms with Crippen molar-refractivity contribution < 1.29 is 49.1 Å². The first kappa shape index (κ1) is 34.8. The predicted octanol–water partition coefficient (Wildman–Crippen LogP) is 1.45. The largest absolute Gasteiger partial charge is 0.508 e. The number of methoxy groups -OCH3 is 1. The second kappa shape index (κ2) is 13.0. The van der Waals surface area contributed by atoms with Gasteiger partial charge in [0.25, 0.3) is 5.91 Å². The summed E-state index contributed by atoms with van der Waals surface area (Å²) in [6, 6.07) is 8.89. The van der Waals surface area contributed by atoms with Crippen molar-refractivity contribution in [3.05, 3.63) is 64.4 Å². The topological polar surface area (TPSA) is 220 Å². The van der Waals surface area contributed by atoms with Crippen molar-refractivity contribution >= 4 is 40.8 Å². The molecule has 7 N–H and O–H groups in total. The maximum Gasteiger partial charge on any atom is 0.308 e. The summed E-state index contributed by atoms with van der Waals surface area (Å²) in [5.41, 5.74) is 4.01. The highest BCUT2D eigenvalue weighted by Crippen LogP contribution is 2.53. The van der Waals surface area contributed by atoms with Gasteiger partial charge in [-0.2, -0.15) is 0 Å². The minimum absolute atomic E-state index is 0.00728. The third-order valence-corrected chi connectivity index (χ3v) is 10.6. The van der Waals surface area contributed by atoms with Crippen molar-refractivity contribution in [3.8, 4) is 16.9 Å². The maximum absolute atomic E-state index is 14.1. The van der Waals surface area contributed by atoms with E-state index >= 15 is 0 Å². The Morgan fingerprint density at radius 1 is 1.04 bits per heavy atom. The van der Waals surface area contributed by atoms with Gasteiger partial charge in [-0.05, 0) is 93.7 Å². The number of aromatic hydroxyl groups is 1. The number of likely N-dealkylation sites (tertiary alicyclic amines) is 1. The minimum Gasteiger partial charge on any atom is -0.508 e. The second-order valence-corrected chi connectivity index (χ2v) is 13.6. The van der Waals surface area contributed by atoms with E-state index in [1.54, 1.807) is 44.4 Å². The van der Waals surface area contributed by atoms with Gasteiger partial charge in [-0.15, -0.1) is 0 Å². The van der Waals surface area contributed by atoms with Crippen LogP contribution in [0, 0.1) is 17.8 Å². The number of primary amides is 1. The molecule has 1 aliphatic heterocycles. The molecule has 2 aromatic carbocycles. The van der Waals surface area contributed by atoms with E-state index in [1.807, 2.05) is 4.90 Å². The Morgan fingerprint density at radius 2 is 1.70 bits per heavy atom. The number of nitrogens with two attached hydrogens (primary N) is 1. The first-order chi connectivity index (χ1) is 23.7. The summed E-state index contributed by atoms with van der Waals surface area (Å²) in [6.45, 7) is 1.38. The van der Waals surface area contributed by atoms with Gasteiger partial charge < -0.3 is 36.2 Å². The fourth-order valence-electron chi connectivity index (χ4n) is 8.14. The smallest absolute Gasteiger partial charge is 0.308 e. The molecule has 6 rings (SSSR count). The molecule has 2 fully saturated rings. The van der Waals surface area contributed by atoms with E-state index in [2.05, 4.69) is 5.32 Å². The molecule has 1 saturated heterocycles. The Labute approximate surface area is 287 Å². The van der Waals surface area contributed by atoms with Crippen molar-refractivity contribution in [1.29, 1.82) is 0 Å². The standard InChI is InChI=1S/C36H40N4O10/c1-39(2)29-23-15-19-14-22-21(17-4-6-20(7-5-17)38-25(42)16-40-12-10-18(11-13-40)35(48)50-3)8-9-24(41)27(22)30(43)26(19)32(45)36(23,49)33(46)28(31(29)44)34(37)47/h4-9,18-19,23,29,41,43,46,49H,10-16H2,1-3H3,(H2,37,47)(H,38,42)/t19-,23-,29?,36-/m1/s1. The van der Waals surface area contributed by atoms with Crippen LogP contribution >= 0.6 is 0 Å². The quantitative estimate of drug-likeness (QED) is 0.180. The predicted molar refractivity (Wildman–Crippen MR) is 179 cm³/mol. The zero-order valence-electron chi connectivity index (χ0n) is 27.9. The Hall–Kier alpha value is -5.05. The fourth-order valence-corrected chi connectivity index (χ4v) is 8.14. The van der Waals surface area contributed by atoms with Gasteiger partial charge in [0.15, 0.2) is 11.4 Å². The number of carbonyl (C=O) groups is 5. The number of aliphatic hydroxyl groups excluding tert-OH is 2. The van der Waals surface area contributed by atoms with Crippen LogP contribution in [0.15, 0.2) is 53.3 Å². The molecule has 0 radical (unpaired) electrons. The Kier molecular flexibility index (Phi) is 9.05. The number of benzene rings is 2. The van der Waals surface area contributed by atoms with E-state index in [9.17, 15) is 44.4 Å². The lowest BCUT2D eigenvalue weighted by Gasteiger charge is -2.50. The lowest BCUT2D eigenvalue weighted by Crippen LogP contribution is -2.65. The van der Waals surface area contributed by atoms with Crippen molar-refractivity contribution in [2.75, 3.05) is 46.2 Å². The molecule has 14 heteroatoms. The summed E-state index contributed by atoms with van der Waals surface area (Å²) in [5, 5.41) is 48.2. The highest BCUT2D eigenvalue weighted by molar-refractivity contribution is 6.24. The van der Waals surface area contributed by atoms with E-state index in [0.717, 1.165) is 0 Å². The molecule has 4 atom stereocenters. The lowest BCUT2D eigenvalue weighted by molar-refractivity contribution is -0.153. The van der Waals surface area contributed by atoms with Gasteiger partial charge in [0.2, 0.25) is 11.7 Å². The molecule has 4 aliphatic rings. The molecular weight excluding hydrogens is 648 g/mol. The number of nitrogens with one attached hydrogen (secondary N) is 1. The zero-order valence-corrected chi connectivity index (χ0v) is 27.9. The van der Waals surface area contributed by atoms with E-state index in [4.69, 9.17) is 10.5 Å². The fraction of sp³-hybridized carbons (Fsp3) is 0.417. The first-order valence-electron chi connectivity index (χ1n) is 16.4. The Balaban J connectivity index is 1.27. The highest BCUT2D eigenvalue weighted by atomic mass is 16.5. The Morgan fingerprint density at radius 3 is 2.30 bits per heavy atom. The molecule has 0 bridgehead atoms. The number of anilines is 1. The molecule has 3 aliphatic carbocycles. The monoisotopic (exact) mass is 688 g/mol. The number of ketones is 2. The number of rotatable bonds is 7. The molecule has 1 unspecified atom stereocenters. The maximum atomic E-state index is 14.1. The van der Waals surface area contributed by atoms with Crippen LogP contribution in [0.25, 0.3) is 16.9 Å². The second-order valence-electron chi connectivity index (χ2n) is 13.6. The van der Waals surface area contributed by atoms with E-state index in [-0.39, 0.29) is 54.1 Å². The summed E-state index contributed by atoms with van der Waals surface area (Å²) in [5.74, 6) is -7.68. The van der Waals surface area contributed by atoms with Crippen LogP contribution in [0.4, 0.5) is 5.69 Å². The number of ether oxygens (including phenoxy) is 1. The van der Waals surface area contributed by atoms with Crippen LogP contribution in [-0.4, -0.2) is 112 Å². The number of fused-ring (bicyclic) bond motifs is 3. The van der Waals surface area contributed by atoms with Gasteiger partial charge >= 0.3 is 5.97 Å². The number of hydrogen-bond donors (Lipinski definition) is 6. The van der Waals surface area contributed by atoms with Gasteiger partial charge in [0, 0.05) is 17.2 Å². The molecule has 1 heterocycles. The normalized spacial score (nSPS) is 25.6. The minimum atomic E-state index is -2.71. The molecule has 0 aromatic heterocycles. The number of Topliss-reactive ketones (excluding diaryl/α,β-unsaturated/α-hetero) is 2. The summed E-state index contributed by atoms with van der Waals surface area (Å²) < 4.78 is 4.83. The summed E-state index contributed by atoms with van der Waals surface area (Å²) >= 11 is 0. The van der Waals surface area contributed by atoms with Crippen LogP contribution in [0.5, 0.6) is 5.75 Å².